The van der Waals surface area contributed by atoms with E-state index in [-0.39, 0.29) is 25.3 Å². The number of hydrogen-bond donors (Lipinski definition) is 7. The van der Waals surface area contributed by atoms with Crippen molar-refractivity contribution >= 4 is 49.9 Å². The summed E-state index contributed by atoms with van der Waals surface area (Å²) in [7, 11) is 0. The average Bonchev–Trinajstić information content (AvgIpc) is 4.22. The molecule has 71 heavy (non-hydrogen) atoms. The Hall–Kier alpha value is -5.75. The van der Waals surface area contributed by atoms with Crippen molar-refractivity contribution in [2.75, 3.05) is 30.3 Å². The zero-order valence-corrected chi connectivity index (χ0v) is 43.2. The molecular weight excluding hydrogens is 897 g/mol. The summed E-state index contributed by atoms with van der Waals surface area (Å²) in [5.74, 6) is 1.15. The number of nitrogens with zero attached hydrogens (tertiary/aromatic N) is 1. The third-order valence-corrected chi connectivity index (χ3v) is 14.9. The number of thiazole rings is 1. The Kier molecular flexibility index (Phi) is 20.5. The second-order valence-corrected chi connectivity index (χ2v) is 21.0. The Morgan fingerprint density at radius 1 is 0.507 bits per heavy atom. The Morgan fingerprint density at radius 3 is 1.31 bits per heavy atom. The average molecular weight is 979 g/mol. The van der Waals surface area contributed by atoms with Crippen LogP contribution in [0, 0.1) is 5.92 Å². The van der Waals surface area contributed by atoms with Crippen LogP contribution in [0.25, 0.3) is 10.2 Å². The summed E-state index contributed by atoms with van der Waals surface area (Å²) in [6, 6.07) is 35.7. The number of amides is 2. The Bertz CT molecular complexity index is 2590. The van der Waals surface area contributed by atoms with Gasteiger partial charge in [0.15, 0.2) is 5.13 Å². The lowest BCUT2D eigenvalue weighted by atomic mass is 10.1. The smallest absolute Gasteiger partial charge is 0.219 e. The van der Waals surface area contributed by atoms with Gasteiger partial charge in [-0.2, -0.15) is 0 Å². The standard InChI is InChI=1S/C13H17N3S.C12H16N2O.C12H18N2.C12H15NO.C10H12.CH4/c1-2-3-15-10-4-8-6-11-12(7-9(8)5-10)17-13(14)16-11;1-2-12(15)14-11-6-8-3-4-10(13)5-9(8)7-11;1-2-5-14-12-7-9-3-4-11(13)6-10(9)8-12;1-2-12(14)13-11-7-9-5-3-4-6-10(9)8-11;1-8-6-9-4-2-3-5-10(9)7-8;/h6-7,10,15H,2-5H2,1H3,(H2,14,16);3-5,11H,2,6-7,13H2,1H3,(H,14,15);3-4,6,12,14H,2,5,7-8,13H2,1H3;3-6,11H,2,7-8H2,1H3,(H,13,14);2-5,8H,6-7H2,1H3;1H4. The van der Waals surface area contributed by atoms with Crippen LogP contribution < -0.4 is 38.5 Å². The number of nitrogens with one attached hydrogen (secondary N) is 4. The molecule has 3 unspecified atom stereocenters. The number of rotatable bonds is 10. The first-order valence-corrected chi connectivity index (χ1v) is 26.8. The molecule has 10 nitrogen and oxygen atoms in total. The van der Waals surface area contributed by atoms with Crippen molar-refractivity contribution in [1.82, 2.24) is 26.3 Å². The molecule has 1 aromatic heterocycles. The van der Waals surface area contributed by atoms with Gasteiger partial charge < -0.3 is 38.5 Å². The lowest BCUT2D eigenvalue weighted by molar-refractivity contribution is -0.122. The van der Waals surface area contributed by atoms with Crippen LogP contribution >= 0.6 is 11.3 Å². The number of nitrogens with two attached hydrogens (primary N) is 3. The highest BCUT2D eigenvalue weighted by Crippen LogP contribution is 2.32. The third kappa shape index (κ3) is 15.6. The first kappa shape index (κ1) is 54.6. The van der Waals surface area contributed by atoms with Crippen LogP contribution in [0.5, 0.6) is 0 Å². The molecule has 0 radical (unpaired) electrons. The molecule has 380 valence electrons. The van der Waals surface area contributed by atoms with Crippen LogP contribution in [0.1, 0.15) is 123 Å². The van der Waals surface area contributed by atoms with E-state index in [1.54, 1.807) is 22.5 Å². The second-order valence-electron chi connectivity index (χ2n) is 19.9. The monoisotopic (exact) mass is 979 g/mol. The first-order chi connectivity index (χ1) is 33.9. The second kappa shape index (κ2) is 26.6. The van der Waals surface area contributed by atoms with Crippen LogP contribution in [-0.4, -0.2) is 54.1 Å². The lowest BCUT2D eigenvalue weighted by Gasteiger charge is -2.10. The van der Waals surface area contributed by atoms with Crippen molar-refractivity contribution < 1.29 is 9.59 Å². The van der Waals surface area contributed by atoms with E-state index in [4.69, 9.17) is 17.2 Å². The number of carbonyl (C=O) groups is 2. The first-order valence-electron chi connectivity index (χ1n) is 26.0. The number of anilines is 3. The van der Waals surface area contributed by atoms with E-state index in [0.29, 0.717) is 36.1 Å². The Balaban J connectivity index is 0.000000146. The maximum atomic E-state index is 11.2. The van der Waals surface area contributed by atoms with Crippen LogP contribution in [-0.2, 0) is 73.8 Å². The van der Waals surface area contributed by atoms with E-state index in [1.165, 1.54) is 74.9 Å². The van der Waals surface area contributed by atoms with Gasteiger partial charge in [-0.15, -0.1) is 0 Å². The van der Waals surface area contributed by atoms with Crippen molar-refractivity contribution in [3.05, 3.63) is 153 Å². The predicted octanol–water partition coefficient (Wildman–Crippen LogP) is 10.1. The minimum Gasteiger partial charge on any atom is -0.399 e. The van der Waals surface area contributed by atoms with Crippen molar-refractivity contribution in [3.8, 4) is 0 Å². The molecule has 0 aliphatic heterocycles. The zero-order valence-electron chi connectivity index (χ0n) is 42.3. The fourth-order valence-electron chi connectivity index (χ4n) is 10.5. The molecular formula is C60H82N8O2S. The highest BCUT2D eigenvalue weighted by Gasteiger charge is 2.25. The predicted molar refractivity (Wildman–Crippen MR) is 300 cm³/mol. The molecule has 11 heteroatoms. The molecule has 5 aromatic carbocycles. The summed E-state index contributed by atoms with van der Waals surface area (Å²) in [6.45, 7) is 12.7. The van der Waals surface area contributed by atoms with E-state index in [1.807, 2.05) is 32.0 Å². The molecule has 0 saturated heterocycles. The van der Waals surface area contributed by atoms with Crippen molar-refractivity contribution in [2.24, 2.45) is 5.92 Å². The van der Waals surface area contributed by atoms with Gasteiger partial charge in [0, 0.05) is 48.4 Å². The third-order valence-electron chi connectivity index (χ3n) is 14.0. The number of aromatic nitrogens is 1. The summed E-state index contributed by atoms with van der Waals surface area (Å²) in [6.07, 6.45) is 14.5. The molecule has 5 aliphatic rings. The maximum absolute atomic E-state index is 11.2. The number of hydrogen-bond acceptors (Lipinski definition) is 9. The Labute approximate surface area is 428 Å². The van der Waals surface area contributed by atoms with E-state index in [0.717, 1.165) is 87.3 Å². The molecule has 6 aromatic rings. The normalized spacial score (nSPS) is 17.7. The highest BCUT2D eigenvalue weighted by molar-refractivity contribution is 7.22. The van der Waals surface area contributed by atoms with Gasteiger partial charge in [-0.25, -0.2) is 4.98 Å². The SMILES string of the molecule is C.CC1Cc2ccccc2C1.CCC(=O)NC1Cc2ccc(N)cc2C1.CCC(=O)NC1Cc2ccccc2C1.CCCNC1Cc2cc3nc(N)sc3cc2C1.CCCNC1Cc2ccc(N)cc2C1. The molecule has 0 spiro atoms. The molecule has 3 atom stereocenters. The lowest BCUT2D eigenvalue weighted by Crippen LogP contribution is -2.34. The minimum atomic E-state index is 0. The van der Waals surface area contributed by atoms with Gasteiger partial charge >= 0.3 is 0 Å². The van der Waals surface area contributed by atoms with Gasteiger partial charge in [0.1, 0.15) is 0 Å². The van der Waals surface area contributed by atoms with Gasteiger partial charge in [0.05, 0.1) is 10.2 Å². The van der Waals surface area contributed by atoms with E-state index in [9.17, 15) is 9.59 Å². The van der Waals surface area contributed by atoms with E-state index < -0.39 is 0 Å². The molecule has 5 aliphatic carbocycles. The van der Waals surface area contributed by atoms with E-state index in [2.05, 4.69) is 126 Å². The van der Waals surface area contributed by atoms with Crippen molar-refractivity contribution in [1.29, 1.82) is 0 Å². The minimum absolute atomic E-state index is 0. The summed E-state index contributed by atoms with van der Waals surface area (Å²) in [5.41, 5.74) is 34.2. The van der Waals surface area contributed by atoms with Gasteiger partial charge in [-0.3, -0.25) is 9.59 Å². The quantitative estimate of drug-likeness (QED) is 0.0665. The summed E-state index contributed by atoms with van der Waals surface area (Å²) in [5, 5.41) is 13.9. The molecule has 11 rings (SSSR count). The van der Waals surface area contributed by atoms with Gasteiger partial charge in [-0.1, -0.05) is 114 Å². The summed E-state index contributed by atoms with van der Waals surface area (Å²) < 4.78 is 1.22. The van der Waals surface area contributed by atoms with Crippen LogP contribution in [0.15, 0.2) is 97.1 Å². The van der Waals surface area contributed by atoms with Crippen LogP contribution in [0.4, 0.5) is 16.5 Å². The number of fused-ring (bicyclic) bond motifs is 6. The molecule has 10 N–H and O–H groups in total. The van der Waals surface area contributed by atoms with Gasteiger partial charge in [0.25, 0.3) is 0 Å². The zero-order chi connectivity index (χ0) is 49.6. The number of benzene rings is 5. The largest absolute Gasteiger partial charge is 0.399 e. The fraction of sp³-hybridized carbons (Fsp3) is 0.450. The molecule has 0 bridgehead atoms. The van der Waals surface area contributed by atoms with Crippen LogP contribution in [0.2, 0.25) is 0 Å². The fourth-order valence-corrected chi connectivity index (χ4v) is 11.3. The van der Waals surface area contributed by atoms with Crippen molar-refractivity contribution in [2.45, 2.75) is 156 Å². The van der Waals surface area contributed by atoms with Crippen LogP contribution in [0.3, 0.4) is 0 Å². The summed E-state index contributed by atoms with van der Waals surface area (Å²) in [4.78, 5) is 26.8. The maximum Gasteiger partial charge on any atom is 0.219 e. The topological polar surface area (TPSA) is 173 Å². The van der Waals surface area contributed by atoms with Crippen molar-refractivity contribution in [3.63, 3.8) is 0 Å². The number of nitrogen functional groups attached to an aromatic ring is 3. The molecule has 2 amide bonds. The molecule has 0 fully saturated rings. The van der Waals surface area contributed by atoms with E-state index >= 15 is 0 Å². The number of carbonyl (C=O) groups excluding carboxylic acids is 2. The Morgan fingerprint density at radius 2 is 0.873 bits per heavy atom. The molecule has 0 saturated carbocycles. The highest BCUT2D eigenvalue weighted by atomic mass is 32.1. The van der Waals surface area contributed by atoms with Gasteiger partial charge in [0.2, 0.25) is 11.8 Å². The van der Waals surface area contributed by atoms with Gasteiger partial charge in [-0.05, 0) is 188 Å². The summed E-state index contributed by atoms with van der Waals surface area (Å²) >= 11 is 1.58. The molecule has 1 heterocycles.